The van der Waals surface area contributed by atoms with Crippen molar-refractivity contribution < 1.29 is 4.79 Å². The highest BCUT2D eigenvalue weighted by molar-refractivity contribution is 7.10. The van der Waals surface area contributed by atoms with Gasteiger partial charge in [-0.3, -0.25) is 4.79 Å². The molecule has 0 spiro atoms. The van der Waals surface area contributed by atoms with E-state index in [1.54, 1.807) is 16.8 Å². The van der Waals surface area contributed by atoms with Gasteiger partial charge in [0.2, 0.25) is 5.91 Å². The van der Waals surface area contributed by atoms with Crippen LogP contribution in [0.25, 0.3) is 0 Å². The Morgan fingerprint density at radius 3 is 3.45 bits per heavy atom. The van der Waals surface area contributed by atoms with Crippen LogP contribution in [0.1, 0.15) is 23.4 Å². The zero-order chi connectivity index (χ0) is 7.84. The lowest BCUT2D eigenvalue weighted by molar-refractivity contribution is -0.122. The smallest absolute Gasteiger partial charge is 0.228 e. The minimum atomic E-state index is -0.00810. The summed E-state index contributed by atoms with van der Waals surface area (Å²) in [5.74, 6) is 0.105. The first-order valence-corrected chi connectivity index (χ1v) is 4.37. The molecule has 0 fully saturated rings. The Morgan fingerprint density at radius 1 is 1.82 bits per heavy atom. The lowest BCUT2D eigenvalue weighted by Crippen LogP contribution is -2.32. The average Bonchev–Trinajstić information content (AvgIpc) is 2.45. The van der Waals surface area contributed by atoms with Crippen LogP contribution in [0.2, 0.25) is 0 Å². The SMILES string of the molecule is CC1C(=O)NCc2ncsc21. The number of aromatic nitrogens is 1. The van der Waals surface area contributed by atoms with Crippen molar-refractivity contribution in [2.75, 3.05) is 0 Å². The molecule has 0 saturated heterocycles. The van der Waals surface area contributed by atoms with Crippen LogP contribution < -0.4 is 5.32 Å². The summed E-state index contributed by atoms with van der Waals surface area (Å²) in [6.45, 7) is 2.51. The van der Waals surface area contributed by atoms with E-state index in [0.29, 0.717) is 6.54 Å². The lowest BCUT2D eigenvalue weighted by Gasteiger charge is -2.16. The largest absolute Gasteiger partial charge is 0.350 e. The standard InChI is InChI=1S/C7H8N2OS/c1-4-6-5(9-3-11-6)2-8-7(4)10/h3-4H,2H2,1H3,(H,8,10). The molecule has 2 heterocycles. The van der Waals surface area contributed by atoms with Crippen molar-refractivity contribution in [3.8, 4) is 0 Å². The molecule has 1 unspecified atom stereocenters. The minimum absolute atomic E-state index is 0.00810. The third-order valence-corrected chi connectivity index (χ3v) is 2.94. The third-order valence-electron chi connectivity index (χ3n) is 1.89. The molecule has 4 heteroatoms. The summed E-state index contributed by atoms with van der Waals surface area (Å²) in [4.78, 5) is 16.4. The summed E-state index contributed by atoms with van der Waals surface area (Å²) in [5.41, 5.74) is 2.82. The number of thiazole rings is 1. The fourth-order valence-corrected chi connectivity index (χ4v) is 2.07. The van der Waals surface area contributed by atoms with Crippen LogP contribution in [-0.4, -0.2) is 10.9 Å². The fourth-order valence-electron chi connectivity index (χ4n) is 1.21. The van der Waals surface area contributed by atoms with Crippen molar-refractivity contribution in [2.24, 2.45) is 0 Å². The minimum Gasteiger partial charge on any atom is -0.350 e. The Morgan fingerprint density at radius 2 is 2.64 bits per heavy atom. The molecule has 0 bridgehead atoms. The summed E-state index contributed by atoms with van der Waals surface area (Å²) >= 11 is 1.57. The molecule has 0 aliphatic carbocycles. The van der Waals surface area contributed by atoms with Crippen LogP contribution in [0, 0.1) is 0 Å². The van der Waals surface area contributed by atoms with Gasteiger partial charge >= 0.3 is 0 Å². The highest BCUT2D eigenvalue weighted by Crippen LogP contribution is 2.26. The Hall–Kier alpha value is -0.900. The third kappa shape index (κ3) is 0.939. The molecular formula is C7H8N2OS. The van der Waals surface area contributed by atoms with Crippen molar-refractivity contribution in [1.82, 2.24) is 10.3 Å². The number of nitrogens with one attached hydrogen (secondary N) is 1. The number of carbonyl (C=O) groups excluding carboxylic acids is 1. The predicted molar refractivity (Wildman–Crippen MR) is 42.4 cm³/mol. The van der Waals surface area contributed by atoms with Crippen LogP contribution in [0.3, 0.4) is 0 Å². The summed E-state index contributed by atoms with van der Waals surface area (Å²) in [6.07, 6.45) is 0. The van der Waals surface area contributed by atoms with E-state index in [1.165, 1.54) is 0 Å². The number of rotatable bonds is 0. The molecular weight excluding hydrogens is 160 g/mol. The van der Waals surface area contributed by atoms with E-state index < -0.39 is 0 Å². The Kier molecular flexibility index (Phi) is 1.42. The van der Waals surface area contributed by atoms with Crippen LogP contribution in [0.5, 0.6) is 0 Å². The normalized spacial score (nSPS) is 22.6. The number of nitrogens with zero attached hydrogens (tertiary/aromatic N) is 1. The Labute approximate surface area is 68.5 Å². The van der Waals surface area contributed by atoms with Gasteiger partial charge in [-0.2, -0.15) is 0 Å². The molecule has 1 aromatic rings. The van der Waals surface area contributed by atoms with Gasteiger partial charge in [-0.1, -0.05) is 0 Å². The predicted octanol–water partition coefficient (Wildman–Crippen LogP) is 0.876. The van der Waals surface area contributed by atoms with E-state index in [1.807, 2.05) is 6.92 Å². The highest BCUT2D eigenvalue weighted by Gasteiger charge is 2.25. The summed E-state index contributed by atoms with van der Waals surface area (Å²) in [5, 5.41) is 2.78. The zero-order valence-electron chi connectivity index (χ0n) is 6.13. The van der Waals surface area contributed by atoms with Gasteiger partial charge in [0, 0.05) is 4.88 Å². The molecule has 1 aromatic heterocycles. The summed E-state index contributed by atoms with van der Waals surface area (Å²) in [7, 11) is 0. The van der Waals surface area contributed by atoms with E-state index in [4.69, 9.17) is 0 Å². The second-order valence-corrected chi connectivity index (χ2v) is 3.49. The highest BCUT2D eigenvalue weighted by atomic mass is 32.1. The van der Waals surface area contributed by atoms with Gasteiger partial charge in [0.05, 0.1) is 23.7 Å². The van der Waals surface area contributed by atoms with Crippen molar-refractivity contribution in [2.45, 2.75) is 19.4 Å². The average molecular weight is 168 g/mol. The van der Waals surface area contributed by atoms with Crippen molar-refractivity contribution in [3.63, 3.8) is 0 Å². The van der Waals surface area contributed by atoms with Gasteiger partial charge < -0.3 is 5.32 Å². The molecule has 0 aromatic carbocycles. The maximum absolute atomic E-state index is 11.1. The maximum Gasteiger partial charge on any atom is 0.228 e. The monoisotopic (exact) mass is 168 g/mol. The number of hydrogen-bond acceptors (Lipinski definition) is 3. The van der Waals surface area contributed by atoms with Gasteiger partial charge in [-0.05, 0) is 6.92 Å². The molecule has 11 heavy (non-hydrogen) atoms. The van der Waals surface area contributed by atoms with E-state index >= 15 is 0 Å². The van der Waals surface area contributed by atoms with Crippen molar-refractivity contribution in [1.29, 1.82) is 0 Å². The summed E-state index contributed by atoms with van der Waals surface area (Å²) < 4.78 is 0. The number of hydrogen-bond donors (Lipinski definition) is 1. The van der Waals surface area contributed by atoms with Crippen molar-refractivity contribution in [3.05, 3.63) is 16.1 Å². The van der Waals surface area contributed by atoms with Gasteiger partial charge in [0.25, 0.3) is 0 Å². The molecule has 0 radical (unpaired) electrons. The molecule has 58 valence electrons. The molecule has 1 aliphatic rings. The number of fused-ring (bicyclic) bond motifs is 1. The first-order chi connectivity index (χ1) is 5.29. The fraction of sp³-hybridized carbons (Fsp3) is 0.429. The van der Waals surface area contributed by atoms with E-state index in [9.17, 15) is 4.79 Å². The summed E-state index contributed by atoms with van der Waals surface area (Å²) in [6, 6.07) is 0. The first-order valence-electron chi connectivity index (χ1n) is 3.49. The van der Waals surface area contributed by atoms with Gasteiger partial charge in [-0.25, -0.2) is 4.98 Å². The quantitative estimate of drug-likeness (QED) is 0.624. The Bertz CT molecular complexity index is 294. The van der Waals surface area contributed by atoms with Crippen molar-refractivity contribution >= 4 is 17.2 Å². The maximum atomic E-state index is 11.1. The molecule has 3 nitrogen and oxygen atoms in total. The van der Waals surface area contributed by atoms with Crippen LogP contribution in [-0.2, 0) is 11.3 Å². The second kappa shape index (κ2) is 2.30. The van der Waals surface area contributed by atoms with Crippen LogP contribution >= 0.6 is 11.3 Å². The molecule has 0 saturated carbocycles. The molecule has 1 N–H and O–H groups in total. The van der Waals surface area contributed by atoms with E-state index in [-0.39, 0.29) is 11.8 Å². The van der Waals surface area contributed by atoms with Crippen LogP contribution in [0.15, 0.2) is 5.51 Å². The topological polar surface area (TPSA) is 42.0 Å². The first kappa shape index (κ1) is 6.79. The Balaban J connectivity index is 2.45. The number of carbonyl (C=O) groups is 1. The van der Waals surface area contributed by atoms with E-state index in [0.717, 1.165) is 10.6 Å². The van der Waals surface area contributed by atoms with Crippen LogP contribution in [0.4, 0.5) is 0 Å². The zero-order valence-corrected chi connectivity index (χ0v) is 6.94. The van der Waals surface area contributed by atoms with E-state index in [2.05, 4.69) is 10.3 Å². The van der Waals surface area contributed by atoms with Gasteiger partial charge in [0.15, 0.2) is 0 Å². The second-order valence-electron chi connectivity index (χ2n) is 2.60. The lowest BCUT2D eigenvalue weighted by atomic mass is 10.0. The molecule has 2 rings (SSSR count). The van der Waals surface area contributed by atoms with Gasteiger partial charge in [-0.15, -0.1) is 11.3 Å². The molecule has 1 amide bonds. The molecule has 1 aliphatic heterocycles. The van der Waals surface area contributed by atoms with Gasteiger partial charge in [0.1, 0.15) is 0 Å². The molecule has 1 atom stereocenters. The number of amides is 1.